The van der Waals surface area contributed by atoms with Crippen molar-refractivity contribution in [1.29, 1.82) is 0 Å². The minimum Gasteiger partial charge on any atom is -0.497 e. The Morgan fingerprint density at radius 3 is 2.50 bits per heavy atom. The van der Waals surface area contributed by atoms with Crippen LogP contribution in [0.5, 0.6) is 5.75 Å². The van der Waals surface area contributed by atoms with Crippen molar-refractivity contribution < 1.29 is 18.4 Å². The molecule has 2 aromatic heterocycles. The fourth-order valence-corrected chi connectivity index (χ4v) is 3.29. The summed E-state index contributed by atoms with van der Waals surface area (Å²) in [6, 6.07) is 14.8. The van der Waals surface area contributed by atoms with Gasteiger partial charge < -0.3 is 14.6 Å². The largest absolute Gasteiger partial charge is 0.497 e. The number of hydrogen-bond acceptors (Lipinski definition) is 5. The van der Waals surface area contributed by atoms with Crippen LogP contribution in [0, 0.1) is 12.7 Å². The highest BCUT2D eigenvalue weighted by atomic mass is 19.1. The zero-order chi connectivity index (χ0) is 21.3. The van der Waals surface area contributed by atoms with Crippen LogP contribution >= 0.6 is 0 Å². The molecule has 7 heteroatoms. The Morgan fingerprint density at radius 1 is 1.13 bits per heavy atom. The Kier molecular flexibility index (Phi) is 5.18. The summed E-state index contributed by atoms with van der Waals surface area (Å²) in [6.07, 6.45) is 0. The summed E-state index contributed by atoms with van der Waals surface area (Å²) in [5.41, 5.74) is 3.35. The summed E-state index contributed by atoms with van der Waals surface area (Å²) < 4.78 is 23.8. The van der Waals surface area contributed by atoms with E-state index in [0.717, 1.165) is 11.3 Å². The summed E-state index contributed by atoms with van der Waals surface area (Å²) in [4.78, 5) is 17.6. The predicted molar refractivity (Wildman–Crippen MR) is 111 cm³/mol. The molecule has 1 N–H and O–H groups in total. The second-order valence-corrected chi connectivity index (χ2v) is 6.98. The van der Waals surface area contributed by atoms with Crippen molar-refractivity contribution in [2.75, 3.05) is 7.11 Å². The van der Waals surface area contributed by atoms with Gasteiger partial charge in [-0.15, -0.1) is 0 Å². The number of nitrogens with zero attached hydrogens (tertiary/aromatic N) is 2. The lowest BCUT2D eigenvalue weighted by atomic mass is 10.0. The van der Waals surface area contributed by atoms with Gasteiger partial charge in [0.2, 0.25) is 0 Å². The van der Waals surface area contributed by atoms with Gasteiger partial charge in [-0.2, -0.15) is 0 Å². The molecular formula is C23H20FN3O3. The van der Waals surface area contributed by atoms with Crippen molar-refractivity contribution in [1.82, 2.24) is 15.5 Å². The van der Waals surface area contributed by atoms with E-state index in [2.05, 4.69) is 15.5 Å². The van der Waals surface area contributed by atoms with E-state index in [-0.39, 0.29) is 23.5 Å². The van der Waals surface area contributed by atoms with Gasteiger partial charge in [0.1, 0.15) is 11.6 Å². The van der Waals surface area contributed by atoms with Crippen molar-refractivity contribution in [2.45, 2.75) is 19.9 Å². The average Bonchev–Trinajstić information content (AvgIpc) is 3.14. The number of methoxy groups -OCH3 is 1. The third-order valence-electron chi connectivity index (χ3n) is 4.97. The van der Waals surface area contributed by atoms with E-state index >= 15 is 0 Å². The lowest BCUT2D eigenvalue weighted by Gasteiger charge is -2.15. The minimum absolute atomic E-state index is 0.235. The van der Waals surface area contributed by atoms with Gasteiger partial charge in [0, 0.05) is 5.56 Å². The molecule has 0 bridgehead atoms. The van der Waals surface area contributed by atoms with E-state index in [9.17, 15) is 9.18 Å². The van der Waals surface area contributed by atoms with E-state index < -0.39 is 0 Å². The summed E-state index contributed by atoms with van der Waals surface area (Å²) in [7, 11) is 1.61. The van der Waals surface area contributed by atoms with Gasteiger partial charge in [-0.1, -0.05) is 17.3 Å². The van der Waals surface area contributed by atoms with Crippen LogP contribution in [0.3, 0.4) is 0 Å². The first kappa shape index (κ1) is 19.6. The Balaban J connectivity index is 1.69. The smallest absolute Gasteiger partial charge is 0.259 e. The molecule has 1 amide bonds. The third-order valence-corrected chi connectivity index (χ3v) is 4.97. The number of carbonyl (C=O) groups is 1. The number of amides is 1. The van der Waals surface area contributed by atoms with E-state index in [4.69, 9.17) is 9.26 Å². The Morgan fingerprint density at radius 2 is 1.83 bits per heavy atom. The lowest BCUT2D eigenvalue weighted by molar-refractivity contribution is 0.0941. The number of benzene rings is 2. The number of aromatic nitrogens is 2. The van der Waals surface area contributed by atoms with Gasteiger partial charge in [0.05, 0.1) is 35.5 Å². The fraction of sp³-hybridized carbons (Fsp3) is 0.174. The molecule has 30 heavy (non-hydrogen) atoms. The van der Waals surface area contributed by atoms with E-state index in [0.29, 0.717) is 27.9 Å². The SMILES string of the molecule is COc1ccc([C@H](C)NC(=O)c2cc(-c3ccc(F)cc3)nc3onc(C)c23)cc1. The molecule has 2 heterocycles. The van der Waals surface area contributed by atoms with Crippen LogP contribution in [0.2, 0.25) is 0 Å². The van der Waals surface area contributed by atoms with Crippen molar-refractivity contribution in [3.05, 3.63) is 77.2 Å². The topological polar surface area (TPSA) is 77.2 Å². The number of rotatable bonds is 5. The maximum absolute atomic E-state index is 13.3. The first-order valence-corrected chi connectivity index (χ1v) is 9.44. The third kappa shape index (κ3) is 3.74. The molecule has 0 aliphatic carbocycles. The summed E-state index contributed by atoms with van der Waals surface area (Å²) in [5.74, 6) is 0.124. The minimum atomic E-state index is -0.346. The molecule has 1 atom stereocenters. The van der Waals surface area contributed by atoms with Crippen molar-refractivity contribution in [3.8, 4) is 17.0 Å². The highest BCUT2D eigenvalue weighted by Crippen LogP contribution is 2.28. The van der Waals surface area contributed by atoms with Gasteiger partial charge in [-0.3, -0.25) is 4.79 Å². The molecule has 0 fully saturated rings. The van der Waals surface area contributed by atoms with E-state index in [1.165, 1.54) is 12.1 Å². The second kappa shape index (κ2) is 7.94. The summed E-state index contributed by atoms with van der Waals surface area (Å²) >= 11 is 0. The standard InChI is InChI=1S/C23H20FN3O3/c1-13(15-6-10-18(29-3)11-7-15)25-22(28)19-12-20(16-4-8-17(24)9-5-16)26-23-21(19)14(2)27-30-23/h4-13H,1-3H3,(H,25,28)/t13-/m0/s1. The van der Waals surface area contributed by atoms with Crippen LogP contribution in [0.4, 0.5) is 4.39 Å². The normalized spacial score (nSPS) is 12.0. The summed E-state index contributed by atoms with van der Waals surface area (Å²) in [6.45, 7) is 3.66. The predicted octanol–water partition coefficient (Wildman–Crippen LogP) is 4.84. The Labute approximate surface area is 172 Å². The quantitative estimate of drug-likeness (QED) is 0.514. The number of nitrogens with one attached hydrogen (secondary N) is 1. The Hall–Kier alpha value is -3.74. The maximum Gasteiger partial charge on any atom is 0.259 e. The molecule has 0 spiro atoms. The van der Waals surface area contributed by atoms with Gasteiger partial charge in [0.25, 0.3) is 11.6 Å². The molecule has 0 saturated heterocycles. The van der Waals surface area contributed by atoms with Crippen LogP contribution in [-0.4, -0.2) is 23.2 Å². The zero-order valence-electron chi connectivity index (χ0n) is 16.8. The van der Waals surface area contributed by atoms with Gasteiger partial charge in [-0.25, -0.2) is 9.37 Å². The molecule has 2 aromatic carbocycles. The molecule has 4 aromatic rings. The zero-order valence-corrected chi connectivity index (χ0v) is 16.8. The second-order valence-electron chi connectivity index (χ2n) is 6.98. The first-order valence-electron chi connectivity index (χ1n) is 9.44. The first-order chi connectivity index (χ1) is 14.5. The monoisotopic (exact) mass is 405 g/mol. The molecule has 0 unspecified atom stereocenters. The van der Waals surface area contributed by atoms with Crippen LogP contribution in [0.1, 0.15) is 34.6 Å². The van der Waals surface area contributed by atoms with Crippen LogP contribution in [0.15, 0.2) is 59.1 Å². The van der Waals surface area contributed by atoms with E-state index in [1.807, 2.05) is 31.2 Å². The molecule has 0 aliphatic rings. The molecule has 4 rings (SSSR count). The van der Waals surface area contributed by atoms with Crippen LogP contribution in [0.25, 0.3) is 22.4 Å². The number of ether oxygens (including phenoxy) is 1. The molecule has 152 valence electrons. The molecular weight excluding hydrogens is 385 g/mol. The number of pyridine rings is 1. The van der Waals surface area contributed by atoms with Crippen LogP contribution < -0.4 is 10.1 Å². The van der Waals surface area contributed by atoms with Crippen molar-refractivity contribution in [3.63, 3.8) is 0 Å². The highest BCUT2D eigenvalue weighted by molar-refractivity contribution is 6.07. The molecule has 0 radical (unpaired) electrons. The number of carbonyl (C=O) groups excluding carboxylic acids is 1. The summed E-state index contributed by atoms with van der Waals surface area (Å²) in [5, 5.41) is 7.52. The molecule has 0 aliphatic heterocycles. The van der Waals surface area contributed by atoms with Gasteiger partial charge >= 0.3 is 0 Å². The van der Waals surface area contributed by atoms with E-state index in [1.54, 1.807) is 32.2 Å². The molecule has 6 nitrogen and oxygen atoms in total. The average molecular weight is 405 g/mol. The number of halogens is 1. The number of fused-ring (bicyclic) bond motifs is 1. The highest BCUT2D eigenvalue weighted by Gasteiger charge is 2.21. The van der Waals surface area contributed by atoms with Crippen LogP contribution in [-0.2, 0) is 0 Å². The Bertz CT molecular complexity index is 1200. The van der Waals surface area contributed by atoms with Gasteiger partial charge in [-0.05, 0) is 61.9 Å². The number of aryl methyl sites for hydroxylation is 1. The number of hydrogen-bond donors (Lipinski definition) is 1. The maximum atomic E-state index is 13.3. The molecule has 0 saturated carbocycles. The van der Waals surface area contributed by atoms with Gasteiger partial charge in [0.15, 0.2) is 0 Å². The van der Waals surface area contributed by atoms with Crippen molar-refractivity contribution in [2.24, 2.45) is 0 Å². The lowest BCUT2D eigenvalue weighted by Crippen LogP contribution is -2.27. The fourth-order valence-electron chi connectivity index (χ4n) is 3.29. The van der Waals surface area contributed by atoms with Crippen molar-refractivity contribution >= 4 is 17.0 Å².